The van der Waals surface area contributed by atoms with Crippen molar-refractivity contribution in [1.29, 1.82) is 0 Å². The number of rotatable bonds is 4. The van der Waals surface area contributed by atoms with Crippen LogP contribution in [0.4, 0.5) is 8.78 Å². The van der Waals surface area contributed by atoms with Crippen molar-refractivity contribution in [3.8, 4) is 17.0 Å². The summed E-state index contributed by atoms with van der Waals surface area (Å²) in [6, 6.07) is 14.0. The Labute approximate surface area is 198 Å². The van der Waals surface area contributed by atoms with E-state index in [2.05, 4.69) is 5.10 Å². The summed E-state index contributed by atoms with van der Waals surface area (Å²) < 4.78 is 35.2. The summed E-state index contributed by atoms with van der Waals surface area (Å²) >= 11 is 0. The number of aromatic nitrogens is 2. The third-order valence-corrected chi connectivity index (χ3v) is 4.66. The van der Waals surface area contributed by atoms with Crippen molar-refractivity contribution < 1.29 is 59.2 Å². The Morgan fingerprint density at radius 2 is 1.77 bits per heavy atom. The minimum absolute atomic E-state index is 0. The number of hydrogen-bond acceptors (Lipinski definition) is 4. The van der Waals surface area contributed by atoms with Crippen LogP contribution < -0.4 is 34.3 Å². The summed E-state index contributed by atoms with van der Waals surface area (Å²) in [5.74, 6) is -3.59. The standard InChI is InChI=1S/C22H14F2N2O4.Na.H/c1-30-18-8-4-6-15(23)19(18)21(27)26-17-7-3-2-5-14(17)20(25-26)13-10-9-12(22(28)29)11-16(13)24;;/h2-11H,1H3,(H,28,29);;/q;+1;-1. The molecule has 0 aliphatic rings. The number of carbonyl (C=O) groups is 2. The van der Waals surface area contributed by atoms with E-state index in [9.17, 15) is 18.4 Å². The van der Waals surface area contributed by atoms with E-state index >= 15 is 0 Å². The number of carbonyl (C=O) groups excluding carboxylic acids is 1. The first-order chi connectivity index (χ1) is 14.4. The normalized spacial score (nSPS) is 10.5. The molecular weight excluding hydrogens is 417 g/mol. The molecule has 0 bridgehead atoms. The zero-order valence-electron chi connectivity index (χ0n) is 17.6. The Morgan fingerprint density at radius 3 is 2.45 bits per heavy atom. The van der Waals surface area contributed by atoms with E-state index in [4.69, 9.17) is 9.84 Å². The first-order valence-corrected chi connectivity index (χ1v) is 8.80. The van der Waals surface area contributed by atoms with E-state index in [1.165, 1.54) is 31.4 Å². The Morgan fingerprint density at radius 1 is 1.03 bits per heavy atom. The number of ether oxygens (including phenoxy) is 1. The molecule has 0 saturated heterocycles. The molecule has 0 radical (unpaired) electrons. The van der Waals surface area contributed by atoms with Crippen LogP contribution in [0.2, 0.25) is 0 Å². The molecular formula is C22H15F2N2NaO4. The summed E-state index contributed by atoms with van der Waals surface area (Å²) in [4.78, 5) is 24.2. The first-order valence-electron chi connectivity index (χ1n) is 8.80. The van der Waals surface area contributed by atoms with Crippen LogP contribution in [0.15, 0.2) is 60.7 Å². The molecule has 31 heavy (non-hydrogen) atoms. The van der Waals surface area contributed by atoms with Gasteiger partial charge in [0.1, 0.15) is 28.6 Å². The molecule has 0 amide bonds. The third-order valence-electron chi connectivity index (χ3n) is 4.66. The monoisotopic (exact) mass is 432 g/mol. The molecule has 3 aromatic carbocycles. The van der Waals surface area contributed by atoms with Gasteiger partial charge in [0, 0.05) is 10.9 Å². The van der Waals surface area contributed by atoms with Gasteiger partial charge in [0.2, 0.25) is 0 Å². The predicted octanol–water partition coefficient (Wildman–Crippen LogP) is 1.49. The molecule has 9 heteroatoms. The second-order valence-corrected chi connectivity index (χ2v) is 6.40. The van der Waals surface area contributed by atoms with Crippen molar-refractivity contribution in [3.05, 3.63) is 83.4 Å². The average molecular weight is 432 g/mol. The number of benzene rings is 3. The first kappa shape index (κ1) is 22.6. The second-order valence-electron chi connectivity index (χ2n) is 6.40. The molecule has 0 saturated carbocycles. The van der Waals surface area contributed by atoms with Gasteiger partial charge in [-0.1, -0.05) is 24.3 Å². The number of methoxy groups -OCH3 is 1. The summed E-state index contributed by atoms with van der Waals surface area (Å²) in [7, 11) is 1.32. The van der Waals surface area contributed by atoms with E-state index < -0.39 is 23.5 Å². The number of fused-ring (bicyclic) bond motifs is 1. The molecule has 1 heterocycles. The molecule has 152 valence electrons. The van der Waals surface area contributed by atoms with E-state index in [1.807, 2.05) is 0 Å². The zero-order chi connectivity index (χ0) is 21.4. The molecule has 4 rings (SSSR count). The Hall–Kier alpha value is -3.07. The fourth-order valence-corrected chi connectivity index (χ4v) is 3.25. The van der Waals surface area contributed by atoms with Gasteiger partial charge in [0.05, 0.1) is 18.2 Å². The van der Waals surface area contributed by atoms with Gasteiger partial charge in [-0.25, -0.2) is 13.6 Å². The molecule has 0 unspecified atom stereocenters. The zero-order valence-corrected chi connectivity index (χ0v) is 18.6. The van der Waals surface area contributed by atoms with Crippen LogP contribution in [0.1, 0.15) is 22.1 Å². The van der Waals surface area contributed by atoms with Crippen molar-refractivity contribution in [1.82, 2.24) is 9.78 Å². The van der Waals surface area contributed by atoms with Crippen LogP contribution in [-0.2, 0) is 0 Å². The summed E-state index contributed by atoms with van der Waals surface area (Å²) in [5.41, 5.74) is -0.0369. The number of nitrogens with zero attached hydrogens (tertiary/aromatic N) is 2. The fraction of sp³-hybridized carbons (Fsp3) is 0.0455. The number of halogens is 2. The Kier molecular flexibility index (Phi) is 6.54. The number of hydrogen-bond donors (Lipinski definition) is 1. The predicted molar refractivity (Wildman–Crippen MR) is 106 cm³/mol. The van der Waals surface area contributed by atoms with Crippen LogP contribution in [0.5, 0.6) is 5.75 Å². The summed E-state index contributed by atoms with van der Waals surface area (Å²) in [6.45, 7) is 0. The van der Waals surface area contributed by atoms with Crippen molar-refractivity contribution in [3.63, 3.8) is 0 Å². The van der Waals surface area contributed by atoms with Crippen LogP contribution in [0.25, 0.3) is 22.2 Å². The van der Waals surface area contributed by atoms with E-state index in [-0.39, 0.29) is 59.1 Å². The number of carboxylic acids is 1. The van der Waals surface area contributed by atoms with Crippen LogP contribution in [0.3, 0.4) is 0 Å². The van der Waals surface area contributed by atoms with Gasteiger partial charge < -0.3 is 11.3 Å². The van der Waals surface area contributed by atoms with Crippen LogP contribution in [-0.4, -0.2) is 33.9 Å². The van der Waals surface area contributed by atoms with E-state index in [0.29, 0.717) is 10.9 Å². The number of para-hydroxylation sites is 1. The van der Waals surface area contributed by atoms with Gasteiger partial charge in [-0.2, -0.15) is 9.78 Å². The Bertz CT molecular complexity index is 1330. The molecule has 0 fully saturated rings. The molecule has 0 aliphatic heterocycles. The molecule has 6 nitrogen and oxygen atoms in total. The maximum absolute atomic E-state index is 14.7. The third kappa shape index (κ3) is 3.97. The number of carboxylic acid groups (broad SMARTS) is 1. The van der Waals surface area contributed by atoms with E-state index in [1.54, 1.807) is 24.3 Å². The fourth-order valence-electron chi connectivity index (χ4n) is 3.25. The average Bonchev–Trinajstić information content (AvgIpc) is 3.12. The molecule has 1 N–H and O–H groups in total. The van der Waals surface area contributed by atoms with Crippen LogP contribution in [0, 0.1) is 11.6 Å². The van der Waals surface area contributed by atoms with Crippen LogP contribution >= 0.6 is 0 Å². The van der Waals surface area contributed by atoms with Crippen molar-refractivity contribution in [2.45, 2.75) is 0 Å². The molecule has 0 spiro atoms. The quantitative estimate of drug-likeness (QED) is 0.495. The Balaban J connectivity index is 0.00000181. The smallest absolute Gasteiger partial charge is 1.00 e. The SMILES string of the molecule is COc1cccc(F)c1C(=O)n1nc(-c2ccc(C(=O)O)cc2F)c2ccccc21.[H-].[Na+]. The minimum atomic E-state index is -1.27. The van der Waals surface area contributed by atoms with E-state index in [0.717, 1.165) is 16.8 Å². The van der Waals surface area contributed by atoms with Gasteiger partial charge in [-0.3, -0.25) is 4.79 Å². The maximum atomic E-state index is 14.7. The number of aromatic carboxylic acids is 1. The van der Waals surface area contributed by atoms with Crippen molar-refractivity contribution in [2.24, 2.45) is 0 Å². The molecule has 0 aliphatic carbocycles. The van der Waals surface area contributed by atoms with Crippen molar-refractivity contribution >= 4 is 22.8 Å². The topological polar surface area (TPSA) is 81.4 Å². The summed E-state index contributed by atoms with van der Waals surface area (Å²) in [5, 5.41) is 13.7. The van der Waals surface area contributed by atoms with Gasteiger partial charge in [-0.15, -0.1) is 0 Å². The maximum Gasteiger partial charge on any atom is 1.00 e. The molecule has 1 aromatic heterocycles. The molecule has 4 aromatic rings. The second kappa shape index (κ2) is 8.97. The van der Waals surface area contributed by atoms with Gasteiger partial charge in [-0.05, 0) is 36.4 Å². The minimum Gasteiger partial charge on any atom is -1.00 e. The summed E-state index contributed by atoms with van der Waals surface area (Å²) in [6.07, 6.45) is 0. The van der Waals surface area contributed by atoms with Gasteiger partial charge >= 0.3 is 35.5 Å². The van der Waals surface area contributed by atoms with Gasteiger partial charge in [0.25, 0.3) is 5.91 Å². The van der Waals surface area contributed by atoms with Crippen molar-refractivity contribution in [2.75, 3.05) is 7.11 Å². The molecule has 0 atom stereocenters. The largest absolute Gasteiger partial charge is 1.00 e. The van der Waals surface area contributed by atoms with Gasteiger partial charge in [0.15, 0.2) is 0 Å².